The molecule has 0 saturated heterocycles. The third-order valence-corrected chi connectivity index (χ3v) is 14.0. The van der Waals surface area contributed by atoms with Gasteiger partial charge in [0, 0.05) is 19.3 Å². The monoisotopic (exact) mass is 1020 g/mol. The molecule has 0 aliphatic heterocycles. The molecule has 1 unspecified atom stereocenters. The lowest BCUT2D eigenvalue weighted by Crippen LogP contribution is -2.30. The van der Waals surface area contributed by atoms with Gasteiger partial charge >= 0.3 is 17.9 Å². The van der Waals surface area contributed by atoms with Gasteiger partial charge in [0.15, 0.2) is 6.10 Å². The topological polar surface area (TPSA) is 78.9 Å². The van der Waals surface area contributed by atoms with Gasteiger partial charge < -0.3 is 14.2 Å². The predicted molar refractivity (Wildman–Crippen MR) is 316 cm³/mol. The van der Waals surface area contributed by atoms with E-state index in [1.165, 1.54) is 180 Å². The van der Waals surface area contributed by atoms with Crippen LogP contribution in [0.5, 0.6) is 0 Å². The fourth-order valence-electron chi connectivity index (χ4n) is 9.25. The SMILES string of the molecule is CC/C=C\C/C=C\C/C=C\CCCCCCCC(=O)OC(COC(=O)CCCCCCC)COC(=O)CCCCCCCCCCCCCCCCCCCCCCCCC/C=C\C/C=C\CCCCCCC. The molecule has 6 nitrogen and oxygen atoms in total. The van der Waals surface area contributed by atoms with Crippen molar-refractivity contribution in [1.82, 2.24) is 0 Å². The van der Waals surface area contributed by atoms with Gasteiger partial charge in [0.2, 0.25) is 0 Å². The molecule has 6 heteroatoms. The molecule has 424 valence electrons. The van der Waals surface area contributed by atoms with E-state index in [1.807, 2.05) is 0 Å². The van der Waals surface area contributed by atoms with Gasteiger partial charge in [0.1, 0.15) is 13.2 Å². The van der Waals surface area contributed by atoms with Gasteiger partial charge in [0.25, 0.3) is 0 Å². The van der Waals surface area contributed by atoms with E-state index in [-0.39, 0.29) is 31.1 Å². The van der Waals surface area contributed by atoms with Gasteiger partial charge in [-0.25, -0.2) is 0 Å². The van der Waals surface area contributed by atoms with E-state index in [0.717, 1.165) is 109 Å². The second-order valence-electron chi connectivity index (χ2n) is 21.3. The van der Waals surface area contributed by atoms with Crippen LogP contribution in [0.3, 0.4) is 0 Å². The van der Waals surface area contributed by atoms with Crippen molar-refractivity contribution >= 4 is 17.9 Å². The van der Waals surface area contributed by atoms with Crippen LogP contribution < -0.4 is 0 Å². The van der Waals surface area contributed by atoms with E-state index < -0.39 is 6.10 Å². The van der Waals surface area contributed by atoms with Crippen molar-refractivity contribution in [3.05, 3.63) is 60.8 Å². The Morgan fingerprint density at radius 1 is 0.288 bits per heavy atom. The Kier molecular flexibility index (Phi) is 59.2. The first kappa shape index (κ1) is 70.1. The molecule has 0 aromatic heterocycles. The Bertz CT molecular complexity index is 1310. The molecule has 0 fully saturated rings. The summed E-state index contributed by atoms with van der Waals surface area (Å²) in [6.45, 7) is 6.45. The van der Waals surface area contributed by atoms with Crippen LogP contribution in [0.2, 0.25) is 0 Å². The predicted octanol–water partition coefficient (Wildman–Crippen LogP) is 21.6. The van der Waals surface area contributed by atoms with Gasteiger partial charge in [-0.3, -0.25) is 14.4 Å². The van der Waals surface area contributed by atoms with Crippen LogP contribution in [-0.2, 0) is 28.6 Å². The summed E-state index contributed by atoms with van der Waals surface area (Å²) in [4.78, 5) is 37.8. The summed E-state index contributed by atoms with van der Waals surface area (Å²) in [5, 5.41) is 0. The molecule has 0 aliphatic carbocycles. The lowest BCUT2D eigenvalue weighted by Gasteiger charge is -2.18. The Hall–Kier alpha value is -2.89. The largest absolute Gasteiger partial charge is 0.462 e. The van der Waals surface area contributed by atoms with Crippen molar-refractivity contribution in [2.45, 2.75) is 335 Å². The van der Waals surface area contributed by atoms with Gasteiger partial charge in [-0.1, -0.05) is 287 Å². The van der Waals surface area contributed by atoms with Gasteiger partial charge in [-0.2, -0.15) is 0 Å². The summed E-state index contributed by atoms with van der Waals surface area (Å²) in [6.07, 6.45) is 78.8. The molecule has 0 spiro atoms. The normalized spacial score (nSPS) is 12.4. The van der Waals surface area contributed by atoms with Crippen LogP contribution in [0, 0.1) is 0 Å². The van der Waals surface area contributed by atoms with Crippen molar-refractivity contribution in [3.8, 4) is 0 Å². The maximum Gasteiger partial charge on any atom is 0.306 e. The first-order valence-electron chi connectivity index (χ1n) is 31.8. The zero-order chi connectivity index (χ0) is 52.9. The van der Waals surface area contributed by atoms with Crippen molar-refractivity contribution in [3.63, 3.8) is 0 Å². The number of unbranched alkanes of at least 4 members (excludes halogenated alkanes) is 37. The van der Waals surface area contributed by atoms with E-state index in [9.17, 15) is 14.4 Å². The van der Waals surface area contributed by atoms with E-state index in [2.05, 4.69) is 81.5 Å². The summed E-state index contributed by atoms with van der Waals surface area (Å²) in [5.41, 5.74) is 0. The summed E-state index contributed by atoms with van der Waals surface area (Å²) in [7, 11) is 0. The molecule has 0 radical (unpaired) electrons. The minimum Gasteiger partial charge on any atom is -0.462 e. The maximum atomic E-state index is 12.8. The number of carbonyl (C=O) groups excluding carboxylic acids is 3. The van der Waals surface area contributed by atoms with Crippen LogP contribution in [0.25, 0.3) is 0 Å². The Morgan fingerprint density at radius 2 is 0.534 bits per heavy atom. The molecule has 0 aromatic rings. The Morgan fingerprint density at radius 3 is 0.836 bits per heavy atom. The van der Waals surface area contributed by atoms with E-state index in [4.69, 9.17) is 14.2 Å². The number of carbonyl (C=O) groups is 3. The lowest BCUT2D eigenvalue weighted by atomic mass is 10.0. The van der Waals surface area contributed by atoms with Crippen molar-refractivity contribution in [2.75, 3.05) is 13.2 Å². The highest BCUT2D eigenvalue weighted by atomic mass is 16.6. The molecule has 73 heavy (non-hydrogen) atoms. The second kappa shape index (κ2) is 61.7. The van der Waals surface area contributed by atoms with Crippen LogP contribution in [0.1, 0.15) is 329 Å². The molecule has 0 aliphatic rings. The van der Waals surface area contributed by atoms with Crippen molar-refractivity contribution in [1.29, 1.82) is 0 Å². The van der Waals surface area contributed by atoms with Crippen LogP contribution in [-0.4, -0.2) is 37.2 Å². The standard InChI is InChI=1S/C67H120O6/c1-4-7-10-13-15-17-19-21-23-24-25-26-27-28-29-30-31-32-33-34-35-36-37-38-39-40-41-42-44-45-47-49-51-54-57-60-66(69)72-63-64(62-71-65(68)59-56-53-12-9-6-3)73-67(70)61-58-55-52-50-48-46-43-22-20-18-16-14-11-8-5-2/h8,11,16,18-19,21-22,24-25,43,64H,4-7,9-10,12-15,17,20,23,26-42,44-63H2,1-3H3/b11-8-,18-16-,21-19-,25-24-,43-22-. The number of hydrogen-bond donors (Lipinski definition) is 0. The smallest absolute Gasteiger partial charge is 0.306 e. The average Bonchev–Trinajstić information content (AvgIpc) is 3.39. The Balaban J connectivity index is 3.87. The Labute approximate surface area is 453 Å². The molecule has 0 saturated carbocycles. The zero-order valence-electron chi connectivity index (χ0n) is 48.7. The molecule has 1 atom stereocenters. The molecule has 0 N–H and O–H groups in total. The fraction of sp³-hybridized carbons (Fsp3) is 0.806. The number of allylic oxidation sites excluding steroid dienone is 10. The van der Waals surface area contributed by atoms with Crippen molar-refractivity contribution < 1.29 is 28.6 Å². The number of hydrogen-bond acceptors (Lipinski definition) is 6. The minimum atomic E-state index is -0.777. The van der Waals surface area contributed by atoms with Crippen LogP contribution in [0.4, 0.5) is 0 Å². The third kappa shape index (κ3) is 59.9. The molecule has 0 amide bonds. The summed E-state index contributed by atoms with van der Waals surface area (Å²) in [6, 6.07) is 0. The highest BCUT2D eigenvalue weighted by molar-refractivity contribution is 5.71. The zero-order valence-corrected chi connectivity index (χ0v) is 48.7. The molecule has 0 aromatic carbocycles. The quantitative estimate of drug-likeness (QED) is 0.0261. The molecule has 0 bridgehead atoms. The molecule has 0 heterocycles. The first-order chi connectivity index (χ1) is 36.0. The summed E-state index contributed by atoms with van der Waals surface area (Å²) >= 11 is 0. The van der Waals surface area contributed by atoms with Gasteiger partial charge in [-0.05, 0) is 83.5 Å². The van der Waals surface area contributed by atoms with E-state index >= 15 is 0 Å². The van der Waals surface area contributed by atoms with E-state index in [1.54, 1.807) is 0 Å². The number of ether oxygens (including phenoxy) is 3. The highest BCUT2D eigenvalue weighted by Gasteiger charge is 2.19. The number of rotatable bonds is 58. The second-order valence-corrected chi connectivity index (χ2v) is 21.3. The fourth-order valence-corrected chi connectivity index (χ4v) is 9.25. The van der Waals surface area contributed by atoms with Crippen LogP contribution >= 0.6 is 0 Å². The highest BCUT2D eigenvalue weighted by Crippen LogP contribution is 2.17. The first-order valence-corrected chi connectivity index (χ1v) is 31.8. The third-order valence-electron chi connectivity index (χ3n) is 14.0. The lowest BCUT2D eigenvalue weighted by molar-refractivity contribution is -0.167. The minimum absolute atomic E-state index is 0.0782. The van der Waals surface area contributed by atoms with Crippen LogP contribution in [0.15, 0.2) is 60.8 Å². The molecular weight excluding hydrogens is 901 g/mol. The summed E-state index contributed by atoms with van der Waals surface area (Å²) in [5.74, 6) is -0.898. The summed E-state index contributed by atoms with van der Waals surface area (Å²) < 4.78 is 16.7. The maximum absolute atomic E-state index is 12.8. The average molecular weight is 1020 g/mol. The molecule has 0 rings (SSSR count). The van der Waals surface area contributed by atoms with Gasteiger partial charge in [0.05, 0.1) is 0 Å². The molecular formula is C67H120O6. The van der Waals surface area contributed by atoms with E-state index in [0.29, 0.717) is 19.3 Å². The van der Waals surface area contributed by atoms with Gasteiger partial charge in [-0.15, -0.1) is 0 Å². The van der Waals surface area contributed by atoms with Crippen molar-refractivity contribution in [2.24, 2.45) is 0 Å². The number of esters is 3.